The van der Waals surface area contributed by atoms with Crippen LogP contribution in [0.15, 0.2) is 66.9 Å². The van der Waals surface area contributed by atoms with E-state index in [4.69, 9.17) is 27.9 Å². The Labute approximate surface area is 208 Å². The van der Waals surface area contributed by atoms with E-state index < -0.39 is 17.9 Å². The summed E-state index contributed by atoms with van der Waals surface area (Å²) in [5.41, 5.74) is 0.763. The predicted octanol–water partition coefficient (Wildman–Crippen LogP) is 5.09. The van der Waals surface area contributed by atoms with Crippen molar-refractivity contribution in [2.45, 2.75) is 25.3 Å². The van der Waals surface area contributed by atoms with E-state index in [0.29, 0.717) is 17.9 Å². The first-order valence-electron chi connectivity index (χ1n) is 10.8. The third-order valence-corrected chi connectivity index (χ3v) is 5.57. The molecule has 1 heterocycles. The highest BCUT2D eigenvalue weighted by molar-refractivity contribution is 6.39. The Morgan fingerprint density at radius 3 is 2.47 bits per heavy atom. The van der Waals surface area contributed by atoms with Gasteiger partial charge in [0.1, 0.15) is 17.6 Å². The van der Waals surface area contributed by atoms with Crippen molar-refractivity contribution in [1.82, 2.24) is 10.3 Å². The highest BCUT2D eigenvalue weighted by atomic mass is 35.5. The van der Waals surface area contributed by atoms with Gasteiger partial charge in [-0.25, -0.2) is 9.78 Å². The van der Waals surface area contributed by atoms with Gasteiger partial charge < -0.3 is 20.5 Å². The normalized spacial score (nSPS) is 11.5. The number of unbranched alkanes of at least 4 members (excludes halogenated alkanes) is 1. The van der Waals surface area contributed by atoms with Crippen LogP contribution >= 0.6 is 23.2 Å². The highest BCUT2D eigenvalue weighted by Crippen LogP contribution is 2.24. The summed E-state index contributed by atoms with van der Waals surface area (Å²) in [4.78, 5) is 28.6. The van der Waals surface area contributed by atoms with Crippen LogP contribution in [0.25, 0.3) is 0 Å². The quantitative estimate of drug-likeness (QED) is 0.299. The third kappa shape index (κ3) is 7.64. The Hall–Kier alpha value is -3.29. The van der Waals surface area contributed by atoms with Crippen molar-refractivity contribution < 1.29 is 19.4 Å². The van der Waals surface area contributed by atoms with Gasteiger partial charge in [-0.15, -0.1) is 0 Å². The Kier molecular flexibility index (Phi) is 9.55. The molecule has 3 aromatic rings. The summed E-state index contributed by atoms with van der Waals surface area (Å²) in [6.07, 6.45) is 3.57. The number of ether oxygens (including phenoxy) is 1. The predicted molar refractivity (Wildman–Crippen MR) is 133 cm³/mol. The maximum Gasteiger partial charge on any atom is 0.326 e. The molecule has 0 aliphatic carbocycles. The van der Waals surface area contributed by atoms with Crippen LogP contribution in [-0.2, 0) is 11.2 Å². The van der Waals surface area contributed by atoms with Crippen molar-refractivity contribution in [3.05, 3.63) is 88.0 Å². The molecule has 3 N–H and O–H groups in total. The number of carbonyl (C=O) groups excluding carboxylic acids is 1. The number of amides is 1. The van der Waals surface area contributed by atoms with Crippen molar-refractivity contribution in [3.8, 4) is 5.75 Å². The van der Waals surface area contributed by atoms with E-state index in [9.17, 15) is 14.7 Å². The van der Waals surface area contributed by atoms with Crippen LogP contribution in [0, 0.1) is 0 Å². The Morgan fingerprint density at radius 1 is 1.00 bits per heavy atom. The van der Waals surface area contributed by atoms with Crippen LogP contribution in [0.2, 0.25) is 10.0 Å². The lowest BCUT2D eigenvalue weighted by Crippen LogP contribution is -2.42. The first kappa shape index (κ1) is 25.3. The molecule has 7 nitrogen and oxygen atoms in total. The molecular weight excluding hydrogens is 477 g/mol. The largest absolute Gasteiger partial charge is 0.494 e. The molecule has 9 heteroatoms. The van der Waals surface area contributed by atoms with E-state index in [0.717, 1.165) is 25.2 Å². The molecule has 34 heavy (non-hydrogen) atoms. The topological polar surface area (TPSA) is 101 Å². The number of rotatable bonds is 12. The number of hydrogen-bond donors (Lipinski definition) is 3. The van der Waals surface area contributed by atoms with Crippen LogP contribution in [0.4, 0.5) is 5.82 Å². The number of anilines is 1. The van der Waals surface area contributed by atoms with E-state index in [-0.39, 0.29) is 22.0 Å². The molecule has 1 atom stereocenters. The number of carbonyl (C=O) groups is 2. The number of nitrogens with zero attached hydrogens (tertiary/aromatic N) is 1. The highest BCUT2D eigenvalue weighted by Gasteiger charge is 2.24. The van der Waals surface area contributed by atoms with Crippen molar-refractivity contribution in [2.75, 3.05) is 18.5 Å². The monoisotopic (exact) mass is 501 g/mol. The summed E-state index contributed by atoms with van der Waals surface area (Å²) >= 11 is 12.1. The number of pyridine rings is 1. The molecule has 0 aliphatic rings. The van der Waals surface area contributed by atoms with Gasteiger partial charge in [0, 0.05) is 19.2 Å². The molecule has 0 saturated heterocycles. The lowest BCUT2D eigenvalue weighted by Gasteiger charge is -2.16. The van der Waals surface area contributed by atoms with Gasteiger partial charge in [0.25, 0.3) is 5.91 Å². The molecule has 0 radical (unpaired) electrons. The maximum atomic E-state index is 12.6. The van der Waals surface area contributed by atoms with E-state index in [1.165, 1.54) is 12.1 Å². The molecule has 0 fully saturated rings. The van der Waals surface area contributed by atoms with Crippen LogP contribution in [-0.4, -0.2) is 41.2 Å². The molecule has 2 aromatic carbocycles. The number of nitrogens with one attached hydrogen (secondary N) is 2. The van der Waals surface area contributed by atoms with E-state index >= 15 is 0 Å². The van der Waals surface area contributed by atoms with Crippen molar-refractivity contribution in [1.29, 1.82) is 0 Å². The fourth-order valence-corrected chi connectivity index (χ4v) is 3.81. The van der Waals surface area contributed by atoms with Gasteiger partial charge in [-0.1, -0.05) is 47.5 Å². The molecule has 1 aromatic heterocycles. The minimum absolute atomic E-state index is 0.0479. The summed E-state index contributed by atoms with van der Waals surface area (Å²) < 4.78 is 5.81. The summed E-state index contributed by atoms with van der Waals surface area (Å²) in [5.74, 6) is -0.328. The summed E-state index contributed by atoms with van der Waals surface area (Å²) in [7, 11) is 0. The number of aromatic nitrogens is 1. The van der Waals surface area contributed by atoms with Gasteiger partial charge in [-0.2, -0.15) is 0 Å². The zero-order valence-corrected chi connectivity index (χ0v) is 19.9. The van der Waals surface area contributed by atoms with Gasteiger partial charge in [0.15, 0.2) is 0 Å². The van der Waals surface area contributed by atoms with Crippen molar-refractivity contribution in [2.24, 2.45) is 0 Å². The lowest BCUT2D eigenvalue weighted by atomic mass is 10.0. The molecule has 1 amide bonds. The zero-order valence-electron chi connectivity index (χ0n) is 18.3. The third-order valence-electron chi connectivity index (χ3n) is 4.94. The zero-order chi connectivity index (χ0) is 24.3. The molecule has 0 saturated carbocycles. The van der Waals surface area contributed by atoms with E-state index in [2.05, 4.69) is 15.6 Å². The van der Waals surface area contributed by atoms with Crippen molar-refractivity contribution >= 4 is 40.9 Å². The van der Waals surface area contributed by atoms with Gasteiger partial charge in [-0.3, -0.25) is 4.79 Å². The van der Waals surface area contributed by atoms with Crippen LogP contribution in [0.1, 0.15) is 28.8 Å². The Bertz CT molecular complexity index is 1090. The summed E-state index contributed by atoms with van der Waals surface area (Å²) in [6.45, 7) is 1.31. The van der Waals surface area contributed by atoms with E-state index in [1.807, 2.05) is 24.3 Å². The first-order chi connectivity index (χ1) is 16.4. The number of carboxylic acids is 1. The molecule has 0 bridgehead atoms. The number of halogens is 2. The van der Waals surface area contributed by atoms with E-state index in [1.54, 1.807) is 30.5 Å². The second kappa shape index (κ2) is 12.8. The molecule has 0 aliphatic heterocycles. The number of hydrogen-bond acceptors (Lipinski definition) is 5. The number of benzene rings is 2. The smallest absolute Gasteiger partial charge is 0.326 e. The first-order valence-corrected chi connectivity index (χ1v) is 11.5. The van der Waals surface area contributed by atoms with Gasteiger partial charge in [0.2, 0.25) is 0 Å². The van der Waals surface area contributed by atoms with Crippen molar-refractivity contribution in [3.63, 3.8) is 0 Å². The second-order valence-corrected chi connectivity index (χ2v) is 8.32. The molecular formula is C25H25Cl2N3O4. The average molecular weight is 502 g/mol. The number of carboxylic acid groups (broad SMARTS) is 1. The van der Waals surface area contributed by atoms with Gasteiger partial charge in [0.05, 0.1) is 22.2 Å². The molecule has 0 unspecified atom stereocenters. The van der Waals surface area contributed by atoms with Gasteiger partial charge in [-0.05, 0) is 54.8 Å². The SMILES string of the molecule is O=C(N[C@@H](Cc1cccc(OCCCCNc2ccccn2)c1)C(=O)O)c1c(Cl)cccc1Cl. The number of aliphatic carboxylic acids is 1. The second-order valence-electron chi connectivity index (χ2n) is 7.51. The fraction of sp³-hybridized carbons (Fsp3) is 0.240. The molecule has 0 spiro atoms. The standard InChI is InChI=1S/C25H25Cl2N3O4/c26-19-9-6-10-20(27)23(19)24(31)30-21(25(32)33)16-17-7-5-8-18(15-17)34-14-4-3-13-29-22-11-1-2-12-28-22/h1-2,5-12,15,21H,3-4,13-14,16H2,(H,28,29)(H,30,31)(H,32,33)/t21-/m0/s1. The summed E-state index contributed by atoms with van der Waals surface area (Å²) in [6, 6.07) is 16.4. The van der Waals surface area contributed by atoms with Crippen LogP contribution in [0.3, 0.4) is 0 Å². The minimum atomic E-state index is -1.16. The molecule has 3 rings (SSSR count). The summed E-state index contributed by atoms with van der Waals surface area (Å²) in [5, 5.41) is 15.7. The fourth-order valence-electron chi connectivity index (χ4n) is 3.24. The molecule has 178 valence electrons. The Morgan fingerprint density at radius 2 is 1.76 bits per heavy atom. The maximum absolute atomic E-state index is 12.6. The van der Waals surface area contributed by atoms with Crippen LogP contribution in [0.5, 0.6) is 5.75 Å². The van der Waals surface area contributed by atoms with Gasteiger partial charge >= 0.3 is 5.97 Å². The minimum Gasteiger partial charge on any atom is -0.494 e. The van der Waals surface area contributed by atoms with Crippen LogP contribution < -0.4 is 15.4 Å². The Balaban J connectivity index is 1.50. The lowest BCUT2D eigenvalue weighted by molar-refractivity contribution is -0.139. The average Bonchev–Trinajstić information content (AvgIpc) is 2.81.